The number of esters is 1. The Hall–Kier alpha value is -1.79. The summed E-state index contributed by atoms with van der Waals surface area (Å²) < 4.78 is 4.60. The van der Waals surface area contributed by atoms with Crippen LogP contribution in [-0.2, 0) is 16.0 Å². The molecule has 0 saturated carbocycles. The first kappa shape index (κ1) is 13.3. The van der Waals surface area contributed by atoms with E-state index in [4.69, 9.17) is 5.11 Å². The molecule has 1 aromatic rings. The highest BCUT2D eigenvalue weighted by atomic mass is 16.5. The van der Waals surface area contributed by atoms with Crippen molar-refractivity contribution in [2.75, 3.05) is 13.7 Å². The van der Waals surface area contributed by atoms with Gasteiger partial charge in [-0.1, -0.05) is 30.0 Å². The largest absolute Gasteiger partial charge is 0.469 e. The van der Waals surface area contributed by atoms with Crippen LogP contribution in [0.5, 0.6) is 0 Å². The third kappa shape index (κ3) is 4.71. The molecule has 0 radical (unpaired) electrons. The molecule has 17 heavy (non-hydrogen) atoms. The van der Waals surface area contributed by atoms with E-state index in [1.807, 2.05) is 24.3 Å². The van der Waals surface area contributed by atoms with Crippen LogP contribution < -0.4 is 0 Å². The average Bonchev–Trinajstić information content (AvgIpc) is 2.37. The van der Waals surface area contributed by atoms with Crippen molar-refractivity contribution in [3.8, 4) is 11.8 Å². The number of hydrogen-bond acceptors (Lipinski definition) is 3. The van der Waals surface area contributed by atoms with Crippen LogP contribution in [0, 0.1) is 11.8 Å². The van der Waals surface area contributed by atoms with Gasteiger partial charge in [-0.25, -0.2) is 0 Å². The molecule has 0 heterocycles. The van der Waals surface area contributed by atoms with Gasteiger partial charge >= 0.3 is 5.97 Å². The van der Waals surface area contributed by atoms with Crippen LogP contribution in [0.2, 0.25) is 0 Å². The van der Waals surface area contributed by atoms with Gasteiger partial charge in [0.15, 0.2) is 0 Å². The van der Waals surface area contributed by atoms with Crippen molar-refractivity contribution in [2.45, 2.75) is 19.3 Å². The lowest BCUT2D eigenvalue weighted by atomic mass is 10.0. The predicted octanol–water partition coefficient (Wildman–Crippen LogP) is 1.53. The fraction of sp³-hybridized carbons (Fsp3) is 0.357. The Bertz CT molecular complexity index is 427. The second kappa shape index (κ2) is 7.48. The SMILES string of the molecule is COC(=O)CCc1ccccc1C#CCCO. The van der Waals surface area contributed by atoms with Crippen molar-refractivity contribution in [3.63, 3.8) is 0 Å². The number of carbonyl (C=O) groups is 1. The molecule has 1 rings (SSSR count). The molecular weight excluding hydrogens is 216 g/mol. The first-order valence-electron chi connectivity index (χ1n) is 5.52. The third-order valence-electron chi connectivity index (χ3n) is 2.30. The summed E-state index contributed by atoms with van der Waals surface area (Å²) in [5.41, 5.74) is 1.94. The molecule has 3 nitrogen and oxygen atoms in total. The summed E-state index contributed by atoms with van der Waals surface area (Å²) in [6.07, 6.45) is 1.44. The van der Waals surface area contributed by atoms with Gasteiger partial charge in [0, 0.05) is 18.4 Å². The van der Waals surface area contributed by atoms with Crippen molar-refractivity contribution >= 4 is 5.97 Å². The molecule has 0 aliphatic carbocycles. The second-order valence-electron chi connectivity index (χ2n) is 3.51. The minimum atomic E-state index is -0.219. The van der Waals surface area contributed by atoms with E-state index in [0.29, 0.717) is 19.3 Å². The summed E-state index contributed by atoms with van der Waals surface area (Å²) in [5.74, 6) is 5.65. The zero-order valence-electron chi connectivity index (χ0n) is 9.90. The van der Waals surface area contributed by atoms with Crippen LogP contribution in [0.25, 0.3) is 0 Å². The van der Waals surface area contributed by atoms with Crippen molar-refractivity contribution in [2.24, 2.45) is 0 Å². The number of rotatable bonds is 4. The number of ether oxygens (including phenoxy) is 1. The normalized spacial score (nSPS) is 9.29. The Kier molecular flexibility index (Phi) is 5.84. The highest BCUT2D eigenvalue weighted by Crippen LogP contribution is 2.10. The van der Waals surface area contributed by atoms with E-state index in [-0.39, 0.29) is 12.6 Å². The van der Waals surface area contributed by atoms with E-state index >= 15 is 0 Å². The monoisotopic (exact) mass is 232 g/mol. The first-order valence-corrected chi connectivity index (χ1v) is 5.52. The third-order valence-corrected chi connectivity index (χ3v) is 2.30. The predicted molar refractivity (Wildman–Crippen MR) is 65.4 cm³/mol. The van der Waals surface area contributed by atoms with Crippen molar-refractivity contribution in [1.29, 1.82) is 0 Å². The lowest BCUT2D eigenvalue weighted by Gasteiger charge is -2.03. The Morgan fingerprint density at radius 1 is 1.41 bits per heavy atom. The fourth-order valence-electron chi connectivity index (χ4n) is 1.41. The molecule has 1 aromatic carbocycles. The van der Waals surface area contributed by atoms with Crippen LogP contribution in [0.3, 0.4) is 0 Å². The minimum absolute atomic E-state index is 0.0668. The summed E-state index contributed by atoms with van der Waals surface area (Å²) in [7, 11) is 1.38. The fourth-order valence-corrected chi connectivity index (χ4v) is 1.41. The molecule has 90 valence electrons. The number of carbonyl (C=O) groups excluding carboxylic acids is 1. The molecule has 0 aliphatic rings. The van der Waals surface area contributed by atoms with Crippen LogP contribution in [0.15, 0.2) is 24.3 Å². The average molecular weight is 232 g/mol. The molecule has 0 saturated heterocycles. The zero-order valence-corrected chi connectivity index (χ0v) is 9.90. The van der Waals surface area contributed by atoms with Crippen molar-refractivity contribution in [3.05, 3.63) is 35.4 Å². The summed E-state index contributed by atoms with van der Waals surface area (Å²) in [6.45, 7) is 0.0668. The maximum absolute atomic E-state index is 11.1. The first-order chi connectivity index (χ1) is 8.27. The molecule has 0 spiro atoms. The van der Waals surface area contributed by atoms with Crippen molar-refractivity contribution < 1.29 is 14.6 Å². The van der Waals surface area contributed by atoms with E-state index in [1.54, 1.807) is 0 Å². The second-order valence-corrected chi connectivity index (χ2v) is 3.51. The Labute approximate surface area is 101 Å². The minimum Gasteiger partial charge on any atom is -0.469 e. The summed E-state index contributed by atoms with van der Waals surface area (Å²) in [6, 6.07) is 7.69. The maximum atomic E-state index is 11.1. The highest BCUT2D eigenvalue weighted by molar-refractivity contribution is 5.69. The smallest absolute Gasteiger partial charge is 0.305 e. The maximum Gasteiger partial charge on any atom is 0.305 e. The summed E-state index contributed by atoms with van der Waals surface area (Å²) >= 11 is 0. The van der Waals surface area contributed by atoms with Gasteiger partial charge in [0.25, 0.3) is 0 Å². The van der Waals surface area contributed by atoms with E-state index in [0.717, 1.165) is 11.1 Å². The highest BCUT2D eigenvalue weighted by Gasteiger charge is 2.04. The number of benzene rings is 1. The van der Waals surface area contributed by atoms with Crippen LogP contribution in [0.1, 0.15) is 24.0 Å². The van der Waals surface area contributed by atoms with E-state index < -0.39 is 0 Å². The number of methoxy groups -OCH3 is 1. The van der Waals surface area contributed by atoms with Gasteiger partial charge < -0.3 is 9.84 Å². The van der Waals surface area contributed by atoms with Gasteiger partial charge in [0.1, 0.15) is 0 Å². The van der Waals surface area contributed by atoms with E-state index in [2.05, 4.69) is 16.6 Å². The molecule has 0 aliphatic heterocycles. The Balaban J connectivity index is 2.71. The number of aryl methyl sites for hydroxylation is 1. The van der Waals surface area contributed by atoms with Gasteiger partial charge in [-0.3, -0.25) is 4.79 Å². The lowest BCUT2D eigenvalue weighted by Crippen LogP contribution is -2.02. The number of aliphatic hydroxyl groups is 1. The molecule has 0 bridgehead atoms. The molecule has 0 fully saturated rings. The van der Waals surface area contributed by atoms with Crippen LogP contribution >= 0.6 is 0 Å². The van der Waals surface area contributed by atoms with Crippen LogP contribution in [-0.4, -0.2) is 24.8 Å². The number of hydrogen-bond donors (Lipinski definition) is 1. The molecule has 0 atom stereocenters. The molecule has 1 N–H and O–H groups in total. The van der Waals surface area contributed by atoms with E-state index in [1.165, 1.54) is 7.11 Å². The zero-order chi connectivity index (χ0) is 12.5. The van der Waals surface area contributed by atoms with Gasteiger partial charge in [-0.05, 0) is 18.1 Å². The van der Waals surface area contributed by atoms with Crippen molar-refractivity contribution in [1.82, 2.24) is 0 Å². The quantitative estimate of drug-likeness (QED) is 0.632. The molecule has 0 unspecified atom stereocenters. The molecule has 0 amide bonds. The van der Waals surface area contributed by atoms with Gasteiger partial charge in [-0.2, -0.15) is 0 Å². The Morgan fingerprint density at radius 2 is 2.18 bits per heavy atom. The van der Waals surface area contributed by atoms with Gasteiger partial charge in [-0.15, -0.1) is 0 Å². The van der Waals surface area contributed by atoms with E-state index in [9.17, 15) is 4.79 Å². The standard InChI is InChI=1S/C14H16O3/c1-17-14(16)10-9-13-7-3-2-6-12(13)8-4-5-11-15/h2-3,6-7,15H,5,9-11H2,1H3. The molecule has 3 heteroatoms. The number of aliphatic hydroxyl groups excluding tert-OH is 1. The molecule has 0 aromatic heterocycles. The summed E-state index contributed by atoms with van der Waals surface area (Å²) in [4.78, 5) is 11.1. The summed E-state index contributed by atoms with van der Waals surface area (Å²) in [5, 5.41) is 8.66. The Morgan fingerprint density at radius 3 is 2.88 bits per heavy atom. The van der Waals surface area contributed by atoms with Gasteiger partial charge in [0.2, 0.25) is 0 Å². The topological polar surface area (TPSA) is 46.5 Å². The van der Waals surface area contributed by atoms with Gasteiger partial charge in [0.05, 0.1) is 13.7 Å². The van der Waals surface area contributed by atoms with Crippen LogP contribution in [0.4, 0.5) is 0 Å². The lowest BCUT2D eigenvalue weighted by molar-refractivity contribution is -0.140. The molecular formula is C14H16O3.